The Kier molecular flexibility index (Phi) is 6.34. The number of nitrogens with one attached hydrogen (secondary N) is 1. The molecular formula is C28H26ClFN6O. The first-order valence-electron chi connectivity index (χ1n) is 12.1. The van der Waals surface area contributed by atoms with Crippen LogP contribution >= 0.6 is 11.6 Å². The highest BCUT2D eigenvalue weighted by atomic mass is 35.5. The Morgan fingerprint density at radius 3 is 2.84 bits per heavy atom. The topological polar surface area (TPSA) is 88.9 Å². The molecule has 7 nitrogen and oxygen atoms in total. The average Bonchev–Trinajstić information content (AvgIpc) is 3.28. The zero-order valence-electron chi connectivity index (χ0n) is 20.9. The monoisotopic (exact) mass is 516 g/mol. The van der Waals surface area contributed by atoms with E-state index in [0.29, 0.717) is 41.8 Å². The predicted molar refractivity (Wildman–Crippen MR) is 144 cm³/mol. The SMILES string of the molecule is C=CC(=O)N1CCN(c2c(C#N)cnc3c(F)c(-c4c(C)ccc5n[nH]c(C)c45)c(Cl)cc23)CC1CC. The Morgan fingerprint density at radius 1 is 1.35 bits per heavy atom. The van der Waals surface area contributed by atoms with Crippen LogP contribution in [0, 0.1) is 31.0 Å². The van der Waals surface area contributed by atoms with Gasteiger partial charge in [0, 0.05) is 59.5 Å². The van der Waals surface area contributed by atoms with Crippen LogP contribution in [0.2, 0.25) is 5.02 Å². The first kappa shape index (κ1) is 24.7. The second-order valence-corrected chi connectivity index (χ2v) is 9.73. The normalized spacial score (nSPS) is 15.8. The molecular weight excluding hydrogens is 491 g/mol. The van der Waals surface area contributed by atoms with Crippen LogP contribution in [0.1, 0.15) is 30.2 Å². The van der Waals surface area contributed by atoms with Crippen LogP contribution in [-0.2, 0) is 4.79 Å². The highest BCUT2D eigenvalue weighted by molar-refractivity contribution is 6.35. The number of carbonyl (C=O) groups is 1. The van der Waals surface area contributed by atoms with Crippen LogP contribution in [0.4, 0.5) is 10.1 Å². The molecule has 0 aliphatic carbocycles. The number of aromatic nitrogens is 3. The lowest BCUT2D eigenvalue weighted by Gasteiger charge is -2.42. The third-order valence-corrected chi connectivity index (χ3v) is 7.53. The number of amides is 1. The molecule has 37 heavy (non-hydrogen) atoms. The smallest absolute Gasteiger partial charge is 0.246 e. The lowest BCUT2D eigenvalue weighted by atomic mass is 9.93. The molecule has 1 atom stereocenters. The minimum atomic E-state index is -0.544. The van der Waals surface area contributed by atoms with Gasteiger partial charge in [-0.1, -0.05) is 31.2 Å². The summed E-state index contributed by atoms with van der Waals surface area (Å²) in [6, 6.07) is 7.62. The molecule has 0 bridgehead atoms. The summed E-state index contributed by atoms with van der Waals surface area (Å²) in [5.74, 6) is -0.665. The van der Waals surface area contributed by atoms with Gasteiger partial charge >= 0.3 is 0 Å². The number of pyridine rings is 1. The molecule has 188 valence electrons. The number of nitrogens with zero attached hydrogens (tertiary/aromatic N) is 5. The molecule has 1 saturated heterocycles. The maximum atomic E-state index is 16.4. The zero-order chi connectivity index (χ0) is 26.4. The van der Waals surface area contributed by atoms with Gasteiger partial charge in [-0.15, -0.1) is 0 Å². The Balaban J connectivity index is 1.71. The van der Waals surface area contributed by atoms with E-state index in [-0.39, 0.29) is 28.1 Å². The van der Waals surface area contributed by atoms with Gasteiger partial charge in [0.25, 0.3) is 0 Å². The minimum Gasteiger partial charge on any atom is -0.366 e. The number of fused-ring (bicyclic) bond motifs is 2. The van der Waals surface area contributed by atoms with Crippen LogP contribution in [0.15, 0.2) is 37.1 Å². The van der Waals surface area contributed by atoms with Gasteiger partial charge in [-0.05, 0) is 44.0 Å². The largest absolute Gasteiger partial charge is 0.366 e. The van der Waals surface area contributed by atoms with E-state index in [1.165, 1.54) is 12.3 Å². The van der Waals surface area contributed by atoms with E-state index in [4.69, 9.17) is 11.6 Å². The van der Waals surface area contributed by atoms with E-state index in [1.807, 2.05) is 37.8 Å². The Bertz CT molecular complexity index is 1620. The molecule has 1 amide bonds. The molecule has 1 fully saturated rings. The lowest BCUT2D eigenvalue weighted by molar-refractivity contribution is -0.128. The standard InChI is InChI=1S/C28H26ClFN6O/c1-5-18-14-35(9-10-36(18)22(37)6-2)28-17(12-31)13-32-27-19(28)11-20(29)25(26(27)30)23-15(3)7-8-21-24(23)16(4)33-34-21/h6-8,11,13,18H,2,5,9-10,14H2,1,3-4H3,(H,33,34). The molecule has 5 rings (SSSR count). The molecule has 2 aromatic carbocycles. The van der Waals surface area contributed by atoms with Gasteiger partial charge in [0.15, 0.2) is 5.82 Å². The Labute approximate surface area is 219 Å². The summed E-state index contributed by atoms with van der Waals surface area (Å²) in [7, 11) is 0. The summed E-state index contributed by atoms with van der Waals surface area (Å²) in [5, 5.41) is 18.7. The zero-order valence-corrected chi connectivity index (χ0v) is 21.7. The number of H-pyrrole nitrogens is 1. The number of rotatable bonds is 4. The molecule has 1 N–H and O–H groups in total. The number of piperazine rings is 1. The molecule has 0 radical (unpaired) electrons. The number of aryl methyl sites for hydroxylation is 2. The van der Waals surface area contributed by atoms with Crippen molar-refractivity contribution >= 4 is 45.0 Å². The number of hydrogen-bond donors (Lipinski definition) is 1. The first-order valence-corrected chi connectivity index (χ1v) is 12.5. The number of benzene rings is 2. The van der Waals surface area contributed by atoms with Gasteiger partial charge < -0.3 is 9.80 Å². The number of aromatic amines is 1. The Hall–Kier alpha value is -3.96. The van der Waals surface area contributed by atoms with Crippen molar-refractivity contribution in [2.75, 3.05) is 24.5 Å². The lowest BCUT2D eigenvalue weighted by Crippen LogP contribution is -2.55. The second-order valence-electron chi connectivity index (χ2n) is 9.32. The fourth-order valence-electron chi connectivity index (χ4n) is 5.41. The van der Waals surface area contributed by atoms with Crippen LogP contribution in [0.3, 0.4) is 0 Å². The summed E-state index contributed by atoms with van der Waals surface area (Å²) in [5.41, 5.74) is 4.39. The Morgan fingerprint density at radius 2 is 2.14 bits per heavy atom. The molecule has 0 saturated carbocycles. The second kappa shape index (κ2) is 9.49. The van der Waals surface area contributed by atoms with Crippen LogP contribution < -0.4 is 4.90 Å². The summed E-state index contributed by atoms with van der Waals surface area (Å²) >= 11 is 6.82. The third kappa shape index (κ3) is 3.91. The van der Waals surface area contributed by atoms with Crippen molar-refractivity contribution in [1.29, 1.82) is 5.26 Å². The van der Waals surface area contributed by atoms with Crippen molar-refractivity contribution in [2.45, 2.75) is 33.2 Å². The van der Waals surface area contributed by atoms with Crippen molar-refractivity contribution in [1.82, 2.24) is 20.1 Å². The number of nitriles is 1. The predicted octanol–water partition coefficient (Wildman–Crippen LogP) is 5.67. The summed E-state index contributed by atoms with van der Waals surface area (Å²) < 4.78 is 16.4. The fraction of sp³-hybridized carbons (Fsp3) is 0.286. The maximum Gasteiger partial charge on any atom is 0.246 e. The van der Waals surface area contributed by atoms with Crippen LogP contribution in [0.25, 0.3) is 32.9 Å². The first-order chi connectivity index (χ1) is 17.8. The van der Waals surface area contributed by atoms with Crippen molar-refractivity contribution in [3.05, 3.63) is 64.7 Å². The third-order valence-electron chi connectivity index (χ3n) is 7.23. The maximum absolute atomic E-state index is 16.4. The number of anilines is 1. The quantitative estimate of drug-likeness (QED) is 0.353. The molecule has 4 aromatic rings. The van der Waals surface area contributed by atoms with E-state index >= 15 is 4.39 Å². The molecule has 2 aromatic heterocycles. The minimum absolute atomic E-state index is 0.0714. The average molecular weight is 517 g/mol. The van der Waals surface area contributed by atoms with E-state index < -0.39 is 5.82 Å². The van der Waals surface area contributed by atoms with Gasteiger partial charge in [0.2, 0.25) is 5.91 Å². The fourth-order valence-corrected chi connectivity index (χ4v) is 5.70. The molecule has 1 unspecified atom stereocenters. The van der Waals surface area contributed by atoms with Crippen molar-refractivity contribution in [2.24, 2.45) is 0 Å². The summed E-state index contributed by atoms with van der Waals surface area (Å²) in [4.78, 5) is 20.5. The van der Waals surface area contributed by atoms with Crippen LogP contribution in [0.5, 0.6) is 0 Å². The van der Waals surface area contributed by atoms with Crippen molar-refractivity contribution in [3.8, 4) is 17.2 Å². The van der Waals surface area contributed by atoms with Gasteiger partial charge in [-0.2, -0.15) is 10.4 Å². The van der Waals surface area contributed by atoms with E-state index in [2.05, 4.69) is 27.8 Å². The summed E-state index contributed by atoms with van der Waals surface area (Å²) in [6.07, 6.45) is 3.46. The van der Waals surface area contributed by atoms with E-state index in [0.717, 1.165) is 28.6 Å². The van der Waals surface area contributed by atoms with Gasteiger partial charge in [0.05, 0.1) is 21.8 Å². The number of halogens is 2. The molecule has 1 aliphatic rings. The highest BCUT2D eigenvalue weighted by Gasteiger charge is 2.31. The van der Waals surface area contributed by atoms with Gasteiger partial charge in [0.1, 0.15) is 11.6 Å². The highest BCUT2D eigenvalue weighted by Crippen LogP contribution is 2.43. The van der Waals surface area contributed by atoms with E-state index in [1.54, 1.807) is 11.0 Å². The molecule has 1 aliphatic heterocycles. The van der Waals surface area contributed by atoms with Gasteiger partial charge in [-0.3, -0.25) is 14.9 Å². The molecule has 9 heteroatoms. The molecule has 0 spiro atoms. The molecule has 3 heterocycles. The van der Waals surface area contributed by atoms with Crippen LogP contribution in [-0.4, -0.2) is 51.7 Å². The van der Waals surface area contributed by atoms with Crippen molar-refractivity contribution in [3.63, 3.8) is 0 Å². The summed E-state index contributed by atoms with van der Waals surface area (Å²) in [6.45, 7) is 10.9. The number of carbonyl (C=O) groups excluding carboxylic acids is 1. The van der Waals surface area contributed by atoms with E-state index in [9.17, 15) is 10.1 Å². The van der Waals surface area contributed by atoms with Gasteiger partial charge in [-0.25, -0.2) is 4.39 Å². The number of hydrogen-bond acceptors (Lipinski definition) is 5. The van der Waals surface area contributed by atoms with Crippen molar-refractivity contribution < 1.29 is 9.18 Å².